The summed E-state index contributed by atoms with van der Waals surface area (Å²) in [5.41, 5.74) is 0.964. The maximum absolute atomic E-state index is 12.4. The van der Waals surface area contributed by atoms with E-state index in [2.05, 4.69) is 0 Å². The molecule has 1 aliphatic carbocycles. The number of imide groups is 1. The second-order valence-corrected chi connectivity index (χ2v) is 5.61. The number of methoxy groups -OCH3 is 1. The monoisotopic (exact) mass is 273 g/mol. The number of hydrogen-bond acceptors (Lipinski definition) is 3. The fourth-order valence-electron chi connectivity index (χ4n) is 3.30. The Morgan fingerprint density at radius 2 is 1.60 bits per heavy atom. The Morgan fingerprint density at radius 1 is 1.05 bits per heavy atom. The predicted molar refractivity (Wildman–Crippen MR) is 74.0 cm³/mol. The highest BCUT2D eigenvalue weighted by atomic mass is 16.5. The van der Waals surface area contributed by atoms with Crippen LogP contribution in [0.4, 0.5) is 0 Å². The van der Waals surface area contributed by atoms with Crippen LogP contribution < -0.4 is 4.74 Å². The van der Waals surface area contributed by atoms with Crippen molar-refractivity contribution in [3.8, 4) is 5.75 Å². The summed E-state index contributed by atoms with van der Waals surface area (Å²) in [4.78, 5) is 26.2. The van der Waals surface area contributed by atoms with E-state index in [4.69, 9.17) is 4.74 Å². The number of rotatable bonds is 3. The van der Waals surface area contributed by atoms with E-state index in [1.807, 2.05) is 24.3 Å². The van der Waals surface area contributed by atoms with E-state index in [1.165, 1.54) is 4.90 Å². The van der Waals surface area contributed by atoms with Gasteiger partial charge < -0.3 is 4.74 Å². The number of likely N-dealkylation sites (tertiary alicyclic amines) is 1. The van der Waals surface area contributed by atoms with Crippen LogP contribution in [-0.2, 0) is 16.1 Å². The van der Waals surface area contributed by atoms with Gasteiger partial charge in [-0.2, -0.15) is 0 Å². The highest BCUT2D eigenvalue weighted by molar-refractivity contribution is 6.05. The van der Waals surface area contributed by atoms with Gasteiger partial charge in [-0.25, -0.2) is 0 Å². The molecule has 0 radical (unpaired) electrons. The zero-order valence-corrected chi connectivity index (χ0v) is 11.7. The number of carbonyl (C=O) groups is 2. The summed E-state index contributed by atoms with van der Waals surface area (Å²) >= 11 is 0. The molecule has 1 aliphatic heterocycles. The van der Waals surface area contributed by atoms with Gasteiger partial charge in [-0.3, -0.25) is 14.5 Å². The third-order valence-electron chi connectivity index (χ3n) is 4.43. The third kappa shape index (κ3) is 2.19. The van der Waals surface area contributed by atoms with Crippen LogP contribution in [0.1, 0.15) is 31.2 Å². The molecule has 1 aromatic carbocycles. The number of carbonyl (C=O) groups excluding carboxylic acids is 2. The Morgan fingerprint density at radius 3 is 2.10 bits per heavy atom. The van der Waals surface area contributed by atoms with Crippen molar-refractivity contribution in [1.82, 2.24) is 4.90 Å². The van der Waals surface area contributed by atoms with E-state index < -0.39 is 0 Å². The lowest BCUT2D eigenvalue weighted by atomic mass is 9.81. The summed E-state index contributed by atoms with van der Waals surface area (Å²) in [7, 11) is 1.62. The molecule has 2 aliphatic rings. The van der Waals surface area contributed by atoms with Gasteiger partial charge in [0.1, 0.15) is 5.75 Å². The van der Waals surface area contributed by atoms with Crippen molar-refractivity contribution in [2.75, 3.05) is 7.11 Å². The number of nitrogens with zero attached hydrogens (tertiary/aromatic N) is 1. The van der Waals surface area contributed by atoms with Crippen molar-refractivity contribution in [3.63, 3.8) is 0 Å². The van der Waals surface area contributed by atoms with E-state index in [9.17, 15) is 9.59 Å². The summed E-state index contributed by atoms with van der Waals surface area (Å²) in [5.74, 6) is 0.705. The van der Waals surface area contributed by atoms with Gasteiger partial charge >= 0.3 is 0 Å². The van der Waals surface area contributed by atoms with Crippen molar-refractivity contribution >= 4 is 11.8 Å². The summed E-state index contributed by atoms with van der Waals surface area (Å²) < 4.78 is 5.11. The first kappa shape index (κ1) is 13.2. The molecule has 1 heterocycles. The molecular weight excluding hydrogens is 254 g/mol. The molecule has 2 amide bonds. The van der Waals surface area contributed by atoms with Crippen molar-refractivity contribution in [3.05, 3.63) is 29.8 Å². The average Bonchev–Trinajstić information content (AvgIpc) is 2.74. The normalized spacial score (nSPS) is 25.8. The minimum atomic E-state index is -0.0606. The van der Waals surface area contributed by atoms with Crippen molar-refractivity contribution in [2.24, 2.45) is 11.8 Å². The Bertz CT molecular complexity index is 499. The number of benzene rings is 1. The fourth-order valence-corrected chi connectivity index (χ4v) is 3.30. The Kier molecular flexibility index (Phi) is 3.47. The van der Waals surface area contributed by atoms with Crippen LogP contribution in [0.2, 0.25) is 0 Å². The third-order valence-corrected chi connectivity index (χ3v) is 4.43. The lowest BCUT2D eigenvalue weighted by Gasteiger charge is -2.19. The first-order chi connectivity index (χ1) is 9.70. The molecule has 4 nitrogen and oxygen atoms in total. The van der Waals surface area contributed by atoms with Gasteiger partial charge in [-0.1, -0.05) is 25.0 Å². The largest absolute Gasteiger partial charge is 0.497 e. The van der Waals surface area contributed by atoms with Gasteiger partial charge in [-0.05, 0) is 30.5 Å². The van der Waals surface area contributed by atoms with E-state index in [1.54, 1.807) is 7.11 Å². The van der Waals surface area contributed by atoms with Gasteiger partial charge in [-0.15, -0.1) is 0 Å². The molecule has 2 fully saturated rings. The minimum Gasteiger partial charge on any atom is -0.497 e. The number of fused-ring (bicyclic) bond motifs is 1. The molecule has 1 aromatic rings. The summed E-state index contributed by atoms with van der Waals surface area (Å²) in [6.45, 7) is 0.384. The summed E-state index contributed by atoms with van der Waals surface area (Å²) in [6, 6.07) is 7.52. The zero-order chi connectivity index (χ0) is 14.1. The van der Waals surface area contributed by atoms with E-state index in [0.717, 1.165) is 37.0 Å². The van der Waals surface area contributed by atoms with Gasteiger partial charge in [0.15, 0.2) is 0 Å². The fraction of sp³-hybridized carbons (Fsp3) is 0.500. The molecule has 106 valence electrons. The van der Waals surface area contributed by atoms with Gasteiger partial charge in [0.25, 0.3) is 0 Å². The minimum absolute atomic E-state index is 0.0236. The maximum atomic E-state index is 12.4. The second kappa shape index (κ2) is 5.27. The molecule has 3 rings (SSSR count). The molecular formula is C16H19NO3. The number of ether oxygens (including phenoxy) is 1. The van der Waals surface area contributed by atoms with Crippen molar-refractivity contribution in [1.29, 1.82) is 0 Å². The second-order valence-electron chi connectivity index (χ2n) is 5.61. The van der Waals surface area contributed by atoms with Crippen LogP contribution in [-0.4, -0.2) is 23.8 Å². The van der Waals surface area contributed by atoms with Crippen LogP contribution in [0.5, 0.6) is 5.75 Å². The summed E-state index contributed by atoms with van der Waals surface area (Å²) in [6.07, 6.45) is 3.87. The van der Waals surface area contributed by atoms with Crippen LogP contribution in [0, 0.1) is 11.8 Å². The smallest absolute Gasteiger partial charge is 0.233 e. The van der Waals surface area contributed by atoms with E-state index in [0.29, 0.717) is 6.54 Å². The lowest BCUT2D eigenvalue weighted by Crippen LogP contribution is -2.30. The molecule has 0 spiro atoms. The van der Waals surface area contributed by atoms with Gasteiger partial charge in [0.05, 0.1) is 25.5 Å². The molecule has 0 N–H and O–H groups in total. The number of amides is 2. The van der Waals surface area contributed by atoms with Gasteiger partial charge in [0, 0.05) is 0 Å². The molecule has 1 saturated carbocycles. The lowest BCUT2D eigenvalue weighted by molar-refractivity contribution is -0.140. The first-order valence-corrected chi connectivity index (χ1v) is 7.19. The standard InChI is InChI=1S/C16H19NO3/c1-20-12-8-6-11(7-9-12)10-17-15(18)13-4-2-3-5-14(13)16(17)19/h6-9,13-14H,2-5,10H2,1H3/t13-,14-/m0/s1. The Labute approximate surface area is 118 Å². The topological polar surface area (TPSA) is 46.6 Å². The molecule has 2 atom stereocenters. The predicted octanol–water partition coefficient (Wildman–Crippen LogP) is 2.37. The molecule has 0 aromatic heterocycles. The Hall–Kier alpha value is -1.84. The molecule has 0 bridgehead atoms. The SMILES string of the molecule is COc1ccc(CN2C(=O)[C@H]3CCCC[C@@H]3C2=O)cc1. The van der Waals surface area contributed by atoms with Crippen molar-refractivity contribution in [2.45, 2.75) is 32.2 Å². The first-order valence-electron chi connectivity index (χ1n) is 7.19. The van der Waals surface area contributed by atoms with Crippen molar-refractivity contribution < 1.29 is 14.3 Å². The average molecular weight is 273 g/mol. The number of hydrogen-bond donors (Lipinski definition) is 0. The van der Waals surface area contributed by atoms with E-state index >= 15 is 0 Å². The van der Waals surface area contributed by atoms with Crippen LogP contribution in [0.15, 0.2) is 24.3 Å². The highest BCUT2D eigenvalue weighted by Crippen LogP contribution is 2.38. The van der Waals surface area contributed by atoms with Gasteiger partial charge in [0.2, 0.25) is 11.8 Å². The molecule has 1 saturated heterocycles. The molecule has 4 heteroatoms. The van der Waals surface area contributed by atoms with E-state index in [-0.39, 0.29) is 23.7 Å². The van der Waals surface area contributed by atoms with Crippen LogP contribution in [0.3, 0.4) is 0 Å². The maximum Gasteiger partial charge on any atom is 0.233 e. The quantitative estimate of drug-likeness (QED) is 0.794. The van der Waals surface area contributed by atoms with Crippen LogP contribution in [0.25, 0.3) is 0 Å². The highest BCUT2D eigenvalue weighted by Gasteiger charge is 2.47. The zero-order valence-electron chi connectivity index (χ0n) is 11.7. The summed E-state index contributed by atoms with van der Waals surface area (Å²) in [5, 5.41) is 0. The Balaban J connectivity index is 1.76. The molecule has 0 unspecified atom stereocenters. The van der Waals surface area contributed by atoms with Crippen LogP contribution >= 0.6 is 0 Å². The molecule has 20 heavy (non-hydrogen) atoms.